The van der Waals surface area contributed by atoms with Crippen molar-refractivity contribution < 1.29 is 10.5 Å². The third kappa shape index (κ3) is 5.37. The third-order valence-corrected chi connectivity index (χ3v) is 0.830. The van der Waals surface area contributed by atoms with Crippen LogP contribution in [0.5, 0.6) is 0 Å². The molecule has 2 nitrogen and oxygen atoms in total. The van der Waals surface area contributed by atoms with Crippen LogP contribution in [-0.2, 0) is 4.79 Å². The molecule has 0 spiro atoms. The van der Waals surface area contributed by atoms with Crippen LogP contribution < -0.4 is 5.73 Å². The van der Waals surface area contributed by atoms with Gasteiger partial charge in [0.05, 0.1) is 6.20 Å². The Morgan fingerprint density at radius 2 is 2.38 bits per heavy atom. The molecule has 0 aliphatic heterocycles. The molecule has 2 heteroatoms. The predicted molar refractivity (Wildman–Crippen MR) is 31.9 cm³/mol. The summed E-state index contributed by atoms with van der Waals surface area (Å²) in [5, 5.41) is 0. The number of carbonyl (C=O) groups is 1. The summed E-state index contributed by atoms with van der Waals surface area (Å²) in [5.41, 5.74) is 3.49. The maximum atomic E-state index is 10.3. The summed E-state index contributed by atoms with van der Waals surface area (Å²) in [6, 6.07) is 0. The van der Waals surface area contributed by atoms with Crippen LogP contribution in [0.4, 0.5) is 0 Å². The number of hydrogen-bond donors (Lipinski definition) is 1. The number of hydrogen-bond acceptors (Lipinski definition) is 1. The van der Waals surface area contributed by atoms with Crippen molar-refractivity contribution in [2.45, 2.75) is 19.8 Å². The fraction of sp³-hybridized carbons (Fsp3) is 0.500. The molecule has 0 amide bonds. The van der Waals surface area contributed by atoms with E-state index in [1.165, 1.54) is 0 Å². The minimum Gasteiger partial charge on any atom is -0.332 e. The molecule has 0 saturated heterocycles. The third-order valence-electron chi connectivity index (χ3n) is 0.830. The molecular weight excluding hydrogens is 102 g/mol. The number of allylic oxidation sites excluding steroid dienone is 1. The zero-order chi connectivity index (χ0) is 6.41. The standard InChI is InChI=1S/C6H11NO/c1-6(8)4-2-3-5-7/h3,5H,2,4,7H2,1H3/p+1. The fourth-order valence-electron chi connectivity index (χ4n) is 0.404. The lowest BCUT2D eigenvalue weighted by Crippen LogP contribution is -2.39. The van der Waals surface area contributed by atoms with Gasteiger partial charge in [-0.3, -0.25) is 0 Å². The number of carbonyl (C=O) groups excluding carboxylic acids is 1. The molecule has 0 bridgehead atoms. The molecule has 0 unspecified atom stereocenters. The molecule has 0 radical (unpaired) electrons. The Bertz CT molecular complexity index is 96.7. The van der Waals surface area contributed by atoms with Crippen LogP contribution in [0.1, 0.15) is 19.8 Å². The molecule has 0 aromatic rings. The molecule has 0 aliphatic carbocycles. The largest absolute Gasteiger partial charge is 0.332 e. The Morgan fingerprint density at radius 3 is 2.75 bits per heavy atom. The van der Waals surface area contributed by atoms with E-state index in [1.807, 2.05) is 6.08 Å². The maximum absolute atomic E-state index is 10.3. The van der Waals surface area contributed by atoms with Crippen LogP contribution in [0.15, 0.2) is 12.3 Å². The summed E-state index contributed by atoms with van der Waals surface area (Å²) in [6.07, 6.45) is 5.08. The highest BCUT2D eigenvalue weighted by Gasteiger charge is 1.87. The fourth-order valence-corrected chi connectivity index (χ4v) is 0.404. The molecule has 0 heterocycles. The topological polar surface area (TPSA) is 44.7 Å². The normalized spacial score (nSPS) is 10.2. The van der Waals surface area contributed by atoms with Gasteiger partial charge in [0.25, 0.3) is 0 Å². The van der Waals surface area contributed by atoms with Gasteiger partial charge < -0.3 is 10.5 Å². The van der Waals surface area contributed by atoms with E-state index < -0.39 is 0 Å². The zero-order valence-corrected chi connectivity index (χ0v) is 5.18. The van der Waals surface area contributed by atoms with Gasteiger partial charge >= 0.3 is 0 Å². The first kappa shape index (κ1) is 7.37. The Hall–Kier alpha value is -0.630. The van der Waals surface area contributed by atoms with Gasteiger partial charge in [0.15, 0.2) is 0 Å². The second-order valence-corrected chi connectivity index (χ2v) is 1.71. The van der Waals surface area contributed by atoms with Crippen molar-refractivity contribution in [1.29, 1.82) is 0 Å². The first-order valence-corrected chi connectivity index (χ1v) is 2.71. The molecular formula is C6H12NO+. The summed E-state index contributed by atoms with van der Waals surface area (Å²) in [5.74, 6) is 0.239. The van der Waals surface area contributed by atoms with Gasteiger partial charge in [-0.1, -0.05) is 0 Å². The molecule has 0 aromatic heterocycles. The quantitative estimate of drug-likeness (QED) is 0.556. The molecule has 0 aliphatic rings. The summed E-state index contributed by atoms with van der Waals surface area (Å²) in [7, 11) is 0. The summed E-state index contributed by atoms with van der Waals surface area (Å²) in [4.78, 5) is 10.3. The maximum Gasteiger partial charge on any atom is 0.130 e. The Labute approximate surface area is 49.4 Å². The van der Waals surface area contributed by atoms with Crippen molar-refractivity contribution in [3.63, 3.8) is 0 Å². The van der Waals surface area contributed by atoms with Crippen molar-refractivity contribution >= 4 is 5.78 Å². The predicted octanol–water partition coefficient (Wildman–Crippen LogP) is 0.111. The summed E-state index contributed by atoms with van der Waals surface area (Å²) in [6.45, 7) is 1.59. The average molecular weight is 114 g/mol. The molecule has 0 aromatic carbocycles. The van der Waals surface area contributed by atoms with Crippen molar-refractivity contribution in [3.8, 4) is 0 Å². The highest BCUT2D eigenvalue weighted by molar-refractivity contribution is 5.75. The highest BCUT2D eigenvalue weighted by atomic mass is 16.1. The Kier molecular flexibility index (Phi) is 4.17. The zero-order valence-electron chi connectivity index (χ0n) is 5.18. The van der Waals surface area contributed by atoms with Gasteiger partial charge in [-0.05, 0) is 19.4 Å². The lowest BCUT2D eigenvalue weighted by molar-refractivity contribution is -0.275. The SMILES string of the molecule is CC(=O)CCC=C[NH3+]. The number of Topliss-reactive ketones (excluding diaryl/α,β-unsaturated/α-hetero) is 1. The van der Waals surface area contributed by atoms with Crippen LogP contribution in [0.2, 0.25) is 0 Å². The van der Waals surface area contributed by atoms with E-state index in [4.69, 9.17) is 0 Å². The van der Waals surface area contributed by atoms with Crippen LogP contribution in [0.25, 0.3) is 0 Å². The molecule has 8 heavy (non-hydrogen) atoms. The van der Waals surface area contributed by atoms with E-state index in [0.717, 1.165) is 6.42 Å². The van der Waals surface area contributed by atoms with E-state index in [2.05, 4.69) is 5.73 Å². The van der Waals surface area contributed by atoms with Gasteiger partial charge in [0.2, 0.25) is 0 Å². The highest BCUT2D eigenvalue weighted by Crippen LogP contribution is 1.88. The van der Waals surface area contributed by atoms with E-state index >= 15 is 0 Å². The lowest BCUT2D eigenvalue weighted by atomic mass is 10.2. The summed E-state index contributed by atoms with van der Waals surface area (Å²) >= 11 is 0. The van der Waals surface area contributed by atoms with Crippen molar-refractivity contribution in [2.75, 3.05) is 0 Å². The van der Waals surface area contributed by atoms with Gasteiger partial charge in [-0.2, -0.15) is 0 Å². The van der Waals surface area contributed by atoms with Gasteiger partial charge in [0.1, 0.15) is 5.78 Å². The van der Waals surface area contributed by atoms with E-state index in [-0.39, 0.29) is 5.78 Å². The van der Waals surface area contributed by atoms with Crippen LogP contribution in [-0.4, -0.2) is 5.78 Å². The van der Waals surface area contributed by atoms with E-state index in [1.54, 1.807) is 13.1 Å². The van der Waals surface area contributed by atoms with Gasteiger partial charge in [-0.15, -0.1) is 0 Å². The first-order chi connectivity index (χ1) is 3.77. The number of quaternary nitrogens is 1. The molecule has 46 valence electrons. The number of rotatable bonds is 3. The molecule has 0 rings (SSSR count). The van der Waals surface area contributed by atoms with Crippen LogP contribution in [0.3, 0.4) is 0 Å². The lowest BCUT2D eigenvalue weighted by Gasteiger charge is -1.83. The van der Waals surface area contributed by atoms with Gasteiger partial charge in [-0.25, -0.2) is 0 Å². The number of ketones is 1. The molecule has 0 saturated carbocycles. The second kappa shape index (κ2) is 4.53. The molecule has 3 N–H and O–H groups in total. The van der Waals surface area contributed by atoms with E-state index in [9.17, 15) is 4.79 Å². The molecule has 0 fully saturated rings. The summed E-state index contributed by atoms with van der Waals surface area (Å²) < 4.78 is 0. The van der Waals surface area contributed by atoms with Crippen LogP contribution >= 0.6 is 0 Å². The van der Waals surface area contributed by atoms with E-state index in [0.29, 0.717) is 6.42 Å². The van der Waals surface area contributed by atoms with Crippen molar-refractivity contribution in [3.05, 3.63) is 12.3 Å². The Morgan fingerprint density at radius 1 is 1.75 bits per heavy atom. The molecule has 0 atom stereocenters. The average Bonchev–Trinajstić information content (AvgIpc) is 1.66. The second-order valence-electron chi connectivity index (χ2n) is 1.71. The first-order valence-electron chi connectivity index (χ1n) is 2.71. The minimum atomic E-state index is 0.239. The van der Waals surface area contributed by atoms with Gasteiger partial charge in [0, 0.05) is 6.42 Å². The monoisotopic (exact) mass is 114 g/mol. The minimum absolute atomic E-state index is 0.239. The van der Waals surface area contributed by atoms with Crippen molar-refractivity contribution in [2.24, 2.45) is 0 Å². The smallest absolute Gasteiger partial charge is 0.130 e. The van der Waals surface area contributed by atoms with Crippen molar-refractivity contribution in [1.82, 2.24) is 0 Å². The van der Waals surface area contributed by atoms with Crippen LogP contribution in [0, 0.1) is 0 Å². The Balaban J connectivity index is 3.05.